The molecule has 1 saturated heterocycles. The third-order valence-corrected chi connectivity index (χ3v) is 5.77. The summed E-state index contributed by atoms with van der Waals surface area (Å²) in [5, 5.41) is 3.06. The fourth-order valence-electron chi connectivity index (χ4n) is 4.04. The summed E-state index contributed by atoms with van der Waals surface area (Å²) in [6.07, 6.45) is 5.90. The normalized spacial score (nSPS) is 17.8. The first-order valence-corrected chi connectivity index (χ1v) is 10.6. The van der Waals surface area contributed by atoms with Crippen molar-refractivity contribution in [2.75, 3.05) is 32.7 Å². The van der Waals surface area contributed by atoms with E-state index in [4.69, 9.17) is 0 Å². The lowest BCUT2D eigenvalue weighted by Gasteiger charge is -2.31. The van der Waals surface area contributed by atoms with Crippen LogP contribution in [0.3, 0.4) is 0 Å². The van der Waals surface area contributed by atoms with Crippen molar-refractivity contribution >= 4 is 17.7 Å². The van der Waals surface area contributed by atoms with Crippen LogP contribution in [-0.4, -0.2) is 60.2 Å². The van der Waals surface area contributed by atoms with Crippen molar-refractivity contribution in [2.24, 2.45) is 5.92 Å². The molecule has 0 unspecified atom stereocenters. The van der Waals surface area contributed by atoms with E-state index in [9.17, 15) is 14.4 Å². The van der Waals surface area contributed by atoms with Crippen molar-refractivity contribution in [2.45, 2.75) is 45.4 Å². The molecule has 0 aromatic heterocycles. The minimum Gasteiger partial charge on any atom is -0.356 e. The Bertz CT molecular complexity index is 676. The van der Waals surface area contributed by atoms with Crippen LogP contribution in [0.1, 0.15) is 66.2 Å². The van der Waals surface area contributed by atoms with E-state index in [1.807, 2.05) is 0 Å². The number of benzene rings is 1. The van der Waals surface area contributed by atoms with E-state index >= 15 is 0 Å². The molecule has 1 N–H and O–H groups in total. The number of fused-ring (bicyclic) bond motifs is 1. The Balaban J connectivity index is 1.36. The number of unbranched alkanes of at least 4 members (excludes halogenated alkanes) is 2. The van der Waals surface area contributed by atoms with E-state index in [0.29, 0.717) is 17.7 Å². The van der Waals surface area contributed by atoms with Crippen molar-refractivity contribution in [3.8, 4) is 0 Å². The predicted molar refractivity (Wildman–Crippen MR) is 108 cm³/mol. The van der Waals surface area contributed by atoms with Crippen LogP contribution in [0.25, 0.3) is 0 Å². The number of amides is 3. The zero-order chi connectivity index (χ0) is 19.9. The fraction of sp³-hybridized carbons (Fsp3) is 0.591. The first-order chi connectivity index (χ1) is 13.6. The molecule has 0 saturated carbocycles. The van der Waals surface area contributed by atoms with Gasteiger partial charge in [-0.25, -0.2) is 0 Å². The Morgan fingerprint density at radius 3 is 2.25 bits per heavy atom. The molecule has 3 rings (SSSR count). The number of carbonyl (C=O) groups excluding carboxylic acids is 3. The Kier molecular flexibility index (Phi) is 7.20. The molecule has 1 aromatic carbocycles. The smallest absolute Gasteiger partial charge is 0.261 e. The van der Waals surface area contributed by atoms with Crippen molar-refractivity contribution in [1.82, 2.24) is 15.1 Å². The highest BCUT2D eigenvalue weighted by Crippen LogP contribution is 2.23. The molecule has 2 aliphatic heterocycles. The van der Waals surface area contributed by atoms with Gasteiger partial charge >= 0.3 is 0 Å². The molecule has 0 spiro atoms. The molecule has 0 bridgehead atoms. The van der Waals surface area contributed by atoms with Crippen LogP contribution in [0, 0.1) is 5.92 Å². The summed E-state index contributed by atoms with van der Waals surface area (Å²) in [5.41, 5.74) is 1.02. The molecule has 2 aliphatic rings. The van der Waals surface area contributed by atoms with Crippen LogP contribution in [0.15, 0.2) is 24.3 Å². The first-order valence-electron chi connectivity index (χ1n) is 10.6. The van der Waals surface area contributed by atoms with E-state index < -0.39 is 0 Å². The number of hydrogen-bond acceptors (Lipinski definition) is 4. The van der Waals surface area contributed by atoms with Crippen LogP contribution in [0.2, 0.25) is 0 Å². The lowest BCUT2D eigenvalue weighted by Crippen LogP contribution is -2.41. The van der Waals surface area contributed by atoms with E-state index in [2.05, 4.69) is 17.1 Å². The lowest BCUT2D eigenvalue weighted by atomic mass is 9.95. The van der Waals surface area contributed by atoms with Gasteiger partial charge in [-0.05, 0) is 57.5 Å². The molecule has 3 amide bonds. The van der Waals surface area contributed by atoms with Gasteiger partial charge in [0, 0.05) is 19.0 Å². The van der Waals surface area contributed by atoms with Crippen molar-refractivity contribution < 1.29 is 14.4 Å². The van der Waals surface area contributed by atoms with Crippen LogP contribution in [0.5, 0.6) is 0 Å². The molecule has 152 valence electrons. The van der Waals surface area contributed by atoms with Crippen molar-refractivity contribution in [3.05, 3.63) is 35.4 Å². The van der Waals surface area contributed by atoms with E-state index in [1.165, 1.54) is 4.90 Å². The molecule has 28 heavy (non-hydrogen) atoms. The largest absolute Gasteiger partial charge is 0.356 e. The Hall–Kier alpha value is -2.21. The summed E-state index contributed by atoms with van der Waals surface area (Å²) in [7, 11) is 0. The number of hydrogen-bond donors (Lipinski definition) is 1. The van der Waals surface area contributed by atoms with Crippen LogP contribution in [-0.2, 0) is 4.79 Å². The van der Waals surface area contributed by atoms with Crippen molar-refractivity contribution in [3.63, 3.8) is 0 Å². The van der Waals surface area contributed by atoms with E-state index in [-0.39, 0.29) is 23.6 Å². The quantitative estimate of drug-likeness (QED) is 0.524. The van der Waals surface area contributed by atoms with Crippen LogP contribution in [0.4, 0.5) is 0 Å². The molecule has 0 radical (unpaired) electrons. The number of carbonyl (C=O) groups is 3. The van der Waals surface area contributed by atoms with E-state index in [1.54, 1.807) is 24.3 Å². The molecule has 1 aromatic rings. The molecular formula is C22H31N3O3. The van der Waals surface area contributed by atoms with E-state index in [0.717, 1.165) is 64.7 Å². The maximum absolute atomic E-state index is 12.4. The summed E-state index contributed by atoms with van der Waals surface area (Å²) in [4.78, 5) is 40.7. The molecule has 0 aliphatic carbocycles. The van der Waals surface area contributed by atoms with Gasteiger partial charge in [-0.15, -0.1) is 0 Å². The lowest BCUT2D eigenvalue weighted by molar-refractivity contribution is -0.126. The van der Waals surface area contributed by atoms with Crippen molar-refractivity contribution in [1.29, 1.82) is 0 Å². The topological polar surface area (TPSA) is 69.7 Å². The van der Waals surface area contributed by atoms with Gasteiger partial charge < -0.3 is 10.2 Å². The van der Waals surface area contributed by atoms with Gasteiger partial charge in [-0.2, -0.15) is 0 Å². The average Bonchev–Trinajstić information content (AvgIpc) is 2.97. The summed E-state index contributed by atoms with van der Waals surface area (Å²) in [6.45, 7) is 6.03. The van der Waals surface area contributed by atoms with Gasteiger partial charge in [0.1, 0.15) is 0 Å². The Labute approximate surface area is 167 Å². The van der Waals surface area contributed by atoms with Gasteiger partial charge in [-0.1, -0.05) is 31.9 Å². The highest BCUT2D eigenvalue weighted by atomic mass is 16.2. The summed E-state index contributed by atoms with van der Waals surface area (Å²) in [5.74, 6) is -0.0472. The van der Waals surface area contributed by atoms with Gasteiger partial charge in [0.15, 0.2) is 0 Å². The Morgan fingerprint density at radius 2 is 1.64 bits per heavy atom. The van der Waals surface area contributed by atoms with Gasteiger partial charge in [0.05, 0.1) is 11.1 Å². The Morgan fingerprint density at radius 1 is 1.00 bits per heavy atom. The van der Waals surface area contributed by atoms with Gasteiger partial charge in [0.25, 0.3) is 11.8 Å². The minimum absolute atomic E-state index is 0.120. The van der Waals surface area contributed by atoms with Gasteiger partial charge in [0.2, 0.25) is 5.91 Å². The minimum atomic E-state index is -0.181. The zero-order valence-corrected chi connectivity index (χ0v) is 16.8. The average molecular weight is 386 g/mol. The van der Waals surface area contributed by atoms with Gasteiger partial charge in [-0.3, -0.25) is 19.3 Å². The van der Waals surface area contributed by atoms with Crippen LogP contribution < -0.4 is 5.32 Å². The summed E-state index contributed by atoms with van der Waals surface area (Å²) < 4.78 is 0. The highest BCUT2D eigenvalue weighted by molar-refractivity contribution is 6.21. The third-order valence-electron chi connectivity index (χ3n) is 5.77. The molecular weight excluding hydrogens is 354 g/mol. The molecule has 0 atom stereocenters. The number of likely N-dealkylation sites (tertiary alicyclic amines) is 1. The third kappa shape index (κ3) is 4.79. The number of nitrogens with zero attached hydrogens (tertiary/aromatic N) is 2. The SMILES string of the molecule is CCCCCNC(=O)C1CCN(CCCN2C(=O)c3ccccc3C2=O)CC1. The fourth-order valence-corrected chi connectivity index (χ4v) is 4.04. The standard InChI is InChI=1S/C22H31N3O3/c1-2-3-6-12-23-20(26)17-10-15-24(16-11-17)13-7-14-25-21(27)18-8-4-5-9-19(18)22(25)28/h4-5,8-9,17H,2-3,6-7,10-16H2,1H3,(H,23,26). The molecule has 6 heteroatoms. The molecule has 2 heterocycles. The molecule has 6 nitrogen and oxygen atoms in total. The second-order valence-electron chi connectivity index (χ2n) is 7.78. The number of piperidine rings is 1. The highest BCUT2D eigenvalue weighted by Gasteiger charge is 2.34. The first kappa shape index (κ1) is 20.5. The number of rotatable bonds is 9. The summed E-state index contributed by atoms with van der Waals surface area (Å²) in [6, 6.07) is 7.01. The second-order valence-corrected chi connectivity index (χ2v) is 7.78. The molecule has 1 fully saturated rings. The monoisotopic (exact) mass is 385 g/mol. The number of imide groups is 1. The predicted octanol–water partition coefficient (Wildman–Crippen LogP) is 2.69. The maximum atomic E-state index is 12.4. The van der Waals surface area contributed by atoms with Crippen LogP contribution >= 0.6 is 0 Å². The zero-order valence-electron chi connectivity index (χ0n) is 16.8. The maximum Gasteiger partial charge on any atom is 0.261 e. The second kappa shape index (κ2) is 9.82. The number of nitrogens with one attached hydrogen (secondary N) is 1. The summed E-state index contributed by atoms with van der Waals surface area (Å²) >= 11 is 0.